The smallest absolute Gasteiger partial charge is 0.310 e. The minimum Gasteiger partial charge on any atom is -0.481 e. The molecular weight excluding hydrogens is 294 g/mol. The van der Waals surface area contributed by atoms with Gasteiger partial charge in [-0.3, -0.25) is 4.79 Å². The van der Waals surface area contributed by atoms with Crippen molar-refractivity contribution in [2.45, 2.75) is 17.2 Å². The van der Waals surface area contributed by atoms with E-state index in [1.54, 1.807) is 6.08 Å². The third-order valence-corrected chi connectivity index (χ3v) is 4.69. The predicted molar refractivity (Wildman–Crippen MR) is 65.1 cm³/mol. The molecule has 2 nitrogen and oxygen atoms in total. The maximum absolute atomic E-state index is 10.9. The second kappa shape index (κ2) is 4.09. The topological polar surface area (TPSA) is 37.3 Å². The third kappa shape index (κ3) is 1.97. The second-order valence-electron chi connectivity index (χ2n) is 3.94. The monoisotopic (exact) mass is 300 g/mol. The number of halogens is 4. The van der Waals surface area contributed by atoms with E-state index in [0.717, 1.165) is 5.57 Å². The van der Waals surface area contributed by atoms with Crippen molar-refractivity contribution < 1.29 is 9.90 Å². The van der Waals surface area contributed by atoms with Crippen molar-refractivity contribution in [1.29, 1.82) is 0 Å². The first-order chi connectivity index (χ1) is 7.35. The number of rotatable bonds is 2. The highest BCUT2D eigenvalue weighted by Gasteiger charge is 2.68. The summed E-state index contributed by atoms with van der Waals surface area (Å²) in [5, 5.41) is 9.98. The summed E-state index contributed by atoms with van der Waals surface area (Å²) in [5.41, 5.74) is 0.867. The molecule has 0 amide bonds. The van der Waals surface area contributed by atoms with Crippen LogP contribution < -0.4 is 0 Å². The van der Waals surface area contributed by atoms with E-state index in [9.17, 15) is 4.79 Å². The van der Waals surface area contributed by atoms with Crippen molar-refractivity contribution >= 4 is 52.4 Å². The Morgan fingerprint density at radius 1 is 1.38 bits per heavy atom. The van der Waals surface area contributed by atoms with Gasteiger partial charge in [-0.05, 0) is 18.9 Å². The number of hydrogen-bond donors (Lipinski definition) is 1. The fourth-order valence-corrected chi connectivity index (χ4v) is 3.26. The van der Waals surface area contributed by atoms with Gasteiger partial charge in [-0.2, -0.15) is 0 Å². The van der Waals surface area contributed by atoms with Crippen molar-refractivity contribution in [2.75, 3.05) is 0 Å². The highest BCUT2D eigenvalue weighted by molar-refractivity contribution is 6.53. The number of allylic oxidation sites excluding steroid dienone is 4. The lowest BCUT2D eigenvalue weighted by Gasteiger charge is -2.13. The van der Waals surface area contributed by atoms with Crippen LogP contribution in [0.5, 0.6) is 0 Å². The quantitative estimate of drug-likeness (QED) is 0.785. The number of aliphatic carboxylic acids is 1. The summed E-state index contributed by atoms with van der Waals surface area (Å²) in [6.07, 6.45) is 2.95. The molecule has 2 unspecified atom stereocenters. The van der Waals surface area contributed by atoms with Gasteiger partial charge in [0, 0.05) is 11.0 Å². The summed E-state index contributed by atoms with van der Waals surface area (Å²) < 4.78 is -1.21. The molecule has 16 heavy (non-hydrogen) atoms. The Balaban J connectivity index is 2.24. The summed E-state index contributed by atoms with van der Waals surface area (Å²) >= 11 is 23.6. The first kappa shape index (κ1) is 12.6. The molecule has 0 radical (unpaired) electrons. The highest BCUT2D eigenvalue weighted by atomic mass is 35.5. The van der Waals surface area contributed by atoms with E-state index < -0.39 is 16.2 Å². The van der Waals surface area contributed by atoms with Crippen molar-refractivity contribution in [3.8, 4) is 0 Å². The molecule has 1 saturated carbocycles. The first-order valence-corrected chi connectivity index (χ1v) is 6.22. The van der Waals surface area contributed by atoms with Crippen LogP contribution in [0.2, 0.25) is 0 Å². The van der Waals surface area contributed by atoms with E-state index in [1.807, 2.05) is 0 Å². The van der Waals surface area contributed by atoms with Crippen LogP contribution in [0.25, 0.3) is 0 Å². The molecule has 0 bridgehead atoms. The molecule has 6 heteroatoms. The van der Waals surface area contributed by atoms with Crippen LogP contribution in [-0.4, -0.2) is 15.4 Å². The van der Waals surface area contributed by atoms with Crippen molar-refractivity contribution in [3.05, 3.63) is 21.7 Å². The van der Waals surface area contributed by atoms with Crippen LogP contribution in [0.4, 0.5) is 0 Å². The Morgan fingerprint density at radius 2 is 2.00 bits per heavy atom. The van der Waals surface area contributed by atoms with Gasteiger partial charge >= 0.3 is 5.97 Å². The molecule has 2 aliphatic carbocycles. The summed E-state index contributed by atoms with van der Waals surface area (Å²) in [6.45, 7) is 0. The molecule has 2 aliphatic rings. The van der Waals surface area contributed by atoms with Crippen LogP contribution in [-0.2, 0) is 4.79 Å². The normalized spacial score (nSPS) is 32.4. The molecule has 0 aromatic carbocycles. The number of carbonyl (C=O) groups is 1. The number of carboxylic acids is 1. The lowest BCUT2D eigenvalue weighted by atomic mass is 9.99. The van der Waals surface area contributed by atoms with Gasteiger partial charge in [0.15, 0.2) is 0 Å². The molecular formula is C10H8Cl4O2. The molecule has 88 valence electrons. The standard InChI is InChI=1S/C10H8Cl4O2/c11-5-2-1-4(3-6(5)12)7-8(9(15)16)10(7,13)14/h3,7-8H,1-2H2,(H,15,16). The molecule has 1 fully saturated rings. The van der Waals surface area contributed by atoms with Gasteiger partial charge < -0.3 is 5.11 Å². The molecule has 0 saturated heterocycles. The van der Waals surface area contributed by atoms with E-state index >= 15 is 0 Å². The largest absolute Gasteiger partial charge is 0.481 e. The van der Waals surface area contributed by atoms with Crippen LogP contribution in [0.1, 0.15) is 12.8 Å². The van der Waals surface area contributed by atoms with Crippen LogP contribution in [0, 0.1) is 11.8 Å². The summed E-state index contributed by atoms with van der Waals surface area (Å²) in [5.74, 6) is -2.08. The van der Waals surface area contributed by atoms with E-state index in [0.29, 0.717) is 22.9 Å². The molecule has 2 rings (SSSR count). The molecule has 0 aromatic rings. The van der Waals surface area contributed by atoms with Gasteiger partial charge in [0.05, 0.1) is 11.0 Å². The van der Waals surface area contributed by atoms with E-state index in [1.165, 1.54) is 0 Å². The summed E-state index contributed by atoms with van der Waals surface area (Å²) in [7, 11) is 0. The van der Waals surface area contributed by atoms with Gasteiger partial charge in [-0.25, -0.2) is 0 Å². The Morgan fingerprint density at radius 3 is 2.44 bits per heavy atom. The lowest BCUT2D eigenvalue weighted by molar-refractivity contribution is -0.138. The van der Waals surface area contributed by atoms with Crippen molar-refractivity contribution in [3.63, 3.8) is 0 Å². The minimum absolute atomic E-state index is 0.355. The molecule has 0 aromatic heterocycles. The van der Waals surface area contributed by atoms with Crippen molar-refractivity contribution in [1.82, 2.24) is 0 Å². The lowest BCUT2D eigenvalue weighted by Crippen LogP contribution is -2.04. The molecule has 1 N–H and O–H groups in total. The Hall–Kier alpha value is 0.110. The van der Waals surface area contributed by atoms with Crippen LogP contribution >= 0.6 is 46.4 Å². The zero-order valence-electron chi connectivity index (χ0n) is 8.01. The Bertz CT molecular complexity index is 411. The minimum atomic E-state index is -1.21. The van der Waals surface area contributed by atoms with E-state index in [2.05, 4.69) is 0 Å². The highest BCUT2D eigenvalue weighted by Crippen LogP contribution is 2.63. The van der Waals surface area contributed by atoms with Gasteiger partial charge in [-0.15, -0.1) is 0 Å². The average molecular weight is 302 g/mol. The van der Waals surface area contributed by atoms with Gasteiger partial charge in [-0.1, -0.05) is 52.0 Å². The summed E-state index contributed by atoms with van der Waals surface area (Å²) in [6, 6.07) is 0. The maximum Gasteiger partial charge on any atom is 0.310 e. The van der Waals surface area contributed by atoms with Crippen LogP contribution in [0.15, 0.2) is 21.7 Å². The van der Waals surface area contributed by atoms with Gasteiger partial charge in [0.25, 0.3) is 0 Å². The molecule has 0 aliphatic heterocycles. The fourth-order valence-electron chi connectivity index (χ4n) is 2.03. The van der Waals surface area contributed by atoms with E-state index in [4.69, 9.17) is 51.5 Å². The number of hydrogen-bond acceptors (Lipinski definition) is 1. The molecule has 0 heterocycles. The number of carboxylic acid groups (broad SMARTS) is 1. The molecule has 0 spiro atoms. The zero-order chi connectivity index (χ0) is 12.1. The Labute approximate surface area is 113 Å². The number of alkyl halides is 2. The second-order valence-corrected chi connectivity index (χ2v) is 6.25. The third-order valence-electron chi connectivity index (χ3n) is 2.92. The SMILES string of the molecule is O=C(O)C1C(C2=CC(Cl)=C(Cl)CC2)C1(Cl)Cl. The molecule has 2 atom stereocenters. The van der Waals surface area contributed by atoms with E-state index in [-0.39, 0.29) is 5.92 Å². The van der Waals surface area contributed by atoms with Crippen LogP contribution in [0.3, 0.4) is 0 Å². The van der Waals surface area contributed by atoms with Gasteiger partial charge in [0.1, 0.15) is 4.33 Å². The Kier molecular flexibility index (Phi) is 3.21. The van der Waals surface area contributed by atoms with Crippen molar-refractivity contribution in [2.24, 2.45) is 11.8 Å². The maximum atomic E-state index is 10.9. The summed E-state index contributed by atoms with van der Waals surface area (Å²) in [4.78, 5) is 10.9. The fraction of sp³-hybridized carbons (Fsp3) is 0.500. The zero-order valence-corrected chi connectivity index (χ0v) is 11.0. The predicted octanol–water partition coefficient (Wildman–Crippen LogP) is 3.90. The average Bonchev–Trinajstić information content (AvgIpc) is 2.74. The first-order valence-electron chi connectivity index (χ1n) is 4.71. The van der Waals surface area contributed by atoms with Gasteiger partial charge in [0.2, 0.25) is 0 Å².